The quantitative estimate of drug-likeness (QED) is 0.907. The summed E-state index contributed by atoms with van der Waals surface area (Å²) in [5.74, 6) is 0.367. The van der Waals surface area contributed by atoms with Crippen molar-refractivity contribution < 1.29 is 14.6 Å². The number of rotatable bonds is 4. The molecule has 0 bridgehead atoms. The maximum Gasteiger partial charge on any atom is 0.335 e. The number of ether oxygens (including phenoxy) is 1. The van der Waals surface area contributed by atoms with E-state index in [1.807, 2.05) is 13.8 Å². The zero-order valence-corrected chi connectivity index (χ0v) is 12.4. The third-order valence-corrected chi connectivity index (χ3v) is 3.84. The Balaban J connectivity index is 2.19. The zero-order chi connectivity index (χ0) is 14.7. The molecule has 1 aliphatic rings. The molecular weight excluding hydrogens is 254 g/mol. The van der Waals surface area contributed by atoms with E-state index in [1.165, 1.54) is 18.9 Å². The average molecular weight is 277 g/mol. The summed E-state index contributed by atoms with van der Waals surface area (Å²) in [6.45, 7) is 6.23. The molecule has 0 aromatic carbocycles. The van der Waals surface area contributed by atoms with Crippen molar-refractivity contribution in [1.29, 1.82) is 0 Å². The Bertz CT molecular complexity index is 485. The molecular formula is C16H23NO3. The van der Waals surface area contributed by atoms with Gasteiger partial charge in [-0.25, -0.2) is 9.78 Å². The normalized spacial score (nSPS) is 22.8. The molecule has 110 valence electrons. The van der Waals surface area contributed by atoms with E-state index in [-0.39, 0.29) is 17.6 Å². The molecule has 2 unspecified atom stereocenters. The van der Waals surface area contributed by atoms with Crippen LogP contribution in [0.3, 0.4) is 0 Å². The number of hydrogen-bond donors (Lipinski definition) is 1. The first kappa shape index (κ1) is 14.8. The van der Waals surface area contributed by atoms with Crippen LogP contribution in [0.15, 0.2) is 12.1 Å². The van der Waals surface area contributed by atoms with Gasteiger partial charge in [-0.2, -0.15) is 0 Å². The lowest BCUT2D eigenvalue weighted by Crippen LogP contribution is -2.24. The number of aromatic carboxylic acids is 1. The van der Waals surface area contributed by atoms with Gasteiger partial charge in [-0.15, -0.1) is 0 Å². The van der Waals surface area contributed by atoms with Crippen LogP contribution in [-0.4, -0.2) is 22.2 Å². The molecule has 20 heavy (non-hydrogen) atoms. The predicted molar refractivity (Wildman–Crippen MR) is 77.3 cm³/mol. The maximum absolute atomic E-state index is 11.2. The van der Waals surface area contributed by atoms with E-state index in [0.717, 1.165) is 18.5 Å². The second-order valence-electron chi connectivity index (χ2n) is 6.09. The summed E-state index contributed by atoms with van der Waals surface area (Å²) in [4.78, 5) is 15.6. The molecule has 2 rings (SSSR count). The second kappa shape index (κ2) is 6.25. The van der Waals surface area contributed by atoms with Crippen LogP contribution in [0.5, 0.6) is 5.88 Å². The predicted octanol–water partition coefficient (Wildman–Crippen LogP) is 3.86. The van der Waals surface area contributed by atoms with Crippen LogP contribution >= 0.6 is 0 Å². The Kier molecular flexibility index (Phi) is 4.63. The van der Waals surface area contributed by atoms with Crippen LogP contribution in [0.1, 0.15) is 68.4 Å². The number of pyridine rings is 1. The number of hydrogen-bond acceptors (Lipinski definition) is 3. The Morgan fingerprint density at radius 1 is 1.40 bits per heavy atom. The fraction of sp³-hybridized carbons (Fsp3) is 0.625. The van der Waals surface area contributed by atoms with Crippen LogP contribution in [0.4, 0.5) is 0 Å². The van der Waals surface area contributed by atoms with Crippen LogP contribution in [0.25, 0.3) is 0 Å². The highest BCUT2D eigenvalue weighted by Crippen LogP contribution is 2.28. The first-order valence-electron chi connectivity index (χ1n) is 7.37. The van der Waals surface area contributed by atoms with Crippen LogP contribution in [-0.2, 0) is 0 Å². The van der Waals surface area contributed by atoms with Gasteiger partial charge in [0.15, 0.2) is 0 Å². The third kappa shape index (κ3) is 3.71. The standard InChI is InChI=1S/C16H23NO3/c1-10(2)14-8-12(16(18)19)9-15(17-14)20-13-6-4-5-11(3)7-13/h8-11,13H,4-7H2,1-3H3,(H,18,19). The van der Waals surface area contributed by atoms with E-state index in [2.05, 4.69) is 11.9 Å². The Hall–Kier alpha value is -1.58. The molecule has 1 aromatic rings. The average Bonchev–Trinajstić information content (AvgIpc) is 2.38. The highest BCUT2D eigenvalue weighted by molar-refractivity contribution is 5.88. The lowest BCUT2D eigenvalue weighted by molar-refractivity contribution is 0.0694. The van der Waals surface area contributed by atoms with Crippen LogP contribution < -0.4 is 4.74 Å². The van der Waals surface area contributed by atoms with Gasteiger partial charge in [0.25, 0.3) is 0 Å². The van der Waals surface area contributed by atoms with Gasteiger partial charge < -0.3 is 9.84 Å². The summed E-state index contributed by atoms with van der Waals surface area (Å²) >= 11 is 0. The Morgan fingerprint density at radius 3 is 2.75 bits per heavy atom. The van der Waals surface area contributed by atoms with E-state index < -0.39 is 5.97 Å². The van der Waals surface area contributed by atoms with Gasteiger partial charge in [0.05, 0.1) is 5.56 Å². The summed E-state index contributed by atoms with van der Waals surface area (Å²) in [6.07, 6.45) is 4.63. The monoisotopic (exact) mass is 277 g/mol. The molecule has 0 aliphatic heterocycles. The number of aromatic nitrogens is 1. The summed E-state index contributed by atoms with van der Waals surface area (Å²) in [6, 6.07) is 3.16. The van der Waals surface area contributed by atoms with Crippen molar-refractivity contribution in [3.8, 4) is 5.88 Å². The lowest BCUT2D eigenvalue weighted by Gasteiger charge is -2.27. The largest absolute Gasteiger partial charge is 0.478 e. The summed E-state index contributed by atoms with van der Waals surface area (Å²) < 4.78 is 5.93. The number of nitrogens with zero attached hydrogens (tertiary/aromatic N) is 1. The molecule has 0 spiro atoms. The minimum absolute atomic E-state index is 0.162. The SMILES string of the molecule is CC1CCCC(Oc2cc(C(=O)O)cc(C(C)C)n2)C1. The molecule has 1 heterocycles. The van der Waals surface area contributed by atoms with Gasteiger partial charge in [-0.05, 0) is 37.2 Å². The third-order valence-electron chi connectivity index (χ3n) is 3.84. The van der Waals surface area contributed by atoms with Gasteiger partial charge in [0.1, 0.15) is 6.10 Å². The second-order valence-corrected chi connectivity index (χ2v) is 6.09. The highest BCUT2D eigenvalue weighted by Gasteiger charge is 2.21. The first-order valence-corrected chi connectivity index (χ1v) is 7.37. The smallest absolute Gasteiger partial charge is 0.335 e. The van der Waals surface area contributed by atoms with E-state index in [1.54, 1.807) is 6.07 Å². The summed E-state index contributed by atoms with van der Waals surface area (Å²) in [5.41, 5.74) is 1.02. The van der Waals surface area contributed by atoms with Gasteiger partial charge in [0.2, 0.25) is 5.88 Å². The Labute approximate surface area is 120 Å². The van der Waals surface area contributed by atoms with Crippen molar-refractivity contribution in [2.24, 2.45) is 5.92 Å². The summed E-state index contributed by atoms with van der Waals surface area (Å²) in [5, 5.41) is 9.18. The fourth-order valence-electron chi connectivity index (χ4n) is 2.66. The molecule has 0 radical (unpaired) electrons. The van der Waals surface area contributed by atoms with Crippen molar-refractivity contribution in [1.82, 2.24) is 4.98 Å². The van der Waals surface area contributed by atoms with Gasteiger partial charge in [0, 0.05) is 11.8 Å². The fourth-order valence-corrected chi connectivity index (χ4v) is 2.66. The molecule has 1 aliphatic carbocycles. The van der Waals surface area contributed by atoms with E-state index in [4.69, 9.17) is 4.74 Å². The number of carboxylic acids is 1. The van der Waals surface area contributed by atoms with Gasteiger partial charge in [-0.3, -0.25) is 0 Å². The van der Waals surface area contributed by atoms with Crippen molar-refractivity contribution >= 4 is 5.97 Å². The van der Waals surface area contributed by atoms with Gasteiger partial charge >= 0.3 is 5.97 Å². The minimum Gasteiger partial charge on any atom is -0.478 e. The van der Waals surface area contributed by atoms with Crippen molar-refractivity contribution in [2.45, 2.75) is 58.5 Å². The maximum atomic E-state index is 11.2. The minimum atomic E-state index is -0.934. The summed E-state index contributed by atoms with van der Waals surface area (Å²) in [7, 11) is 0. The highest BCUT2D eigenvalue weighted by atomic mass is 16.5. The molecule has 1 fully saturated rings. The molecule has 1 N–H and O–H groups in total. The van der Waals surface area contributed by atoms with Crippen LogP contribution in [0.2, 0.25) is 0 Å². The topological polar surface area (TPSA) is 59.4 Å². The molecule has 4 heteroatoms. The van der Waals surface area contributed by atoms with E-state index in [0.29, 0.717) is 11.8 Å². The molecule has 1 aromatic heterocycles. The lowest BCUT2D eigenvalue weighted by atomic mass is 9.89. The van der Waals surface area contributed by atoms with E-state index in [9.17, 15) is 9.90 Å². The van der Waals surface area contributed by atoms with E-state index >= 15 is 0 Å². The number of carbonyl (C=O) groups is 1. The van der Waals surface area contributed by atoms with Crippen molar-refractivity contribution in [2.75, 3.05) is 0 Å². The number of carboxylic acid groups (broad SMARTS) is 1. The van der Waals surface area contributed by atoms with Crippen molar-refractivity contribution in [3.05, 3.63) is 23.4 Å². The molecule has 1 saturated carbocycles. The van der Waals surface area contributed by atoms with Crippen LogP contribution in [0, 0.1) is 5.92 Å². The molecule has 0 amide bonds. The van der Waals surface area contributed by atoms with Gasteiger partial charge in [-0.1, -0.05) is 27.2 Å². The molecule has 4 nitrogen and oxygen atoms in total. The first-order chi connectivity index (χ1) is 9.45. The molecule has 2 atom stereocenters. The van der Waals surface area contributed by atoms with Crippen molar-refractivity contribution in [3.63, 3.8) is 0 Å². The zero-order valence-electron chi connectivity index (χ0n) is 12.4. The Morgan fingerprint density at radius 2 is 2.15 bits per heavy atom. The molecule has 0 saturated heterocycles.